The molecule has 2 N–H and O–H groups in total. The SMILES string of the molecule is C/C(=C/n1nn[nH]c1=O)NOCc1ccccc1. The molecule has 2 rings (SSSR count). The molecule has 2 aromatic rings. The largest absolute Gasteiger partial charge is 0.365 e. The maximum Gasteiger partial charge on any atom is 0.365 e. The number of aromatic nitrogens is 4. The molecule has 1 aromatic heterocycles. The second-order valence-electron chi connectivity index (χ2n) is 3.64. The zero-order valence-corrected chi connectivity index (χ0v) is 9.83. The minimum absolute atomic E-state index is 0.404. The molecule has 0 aliphatic rings. The standard InChI is InChI=1S/C11H13N5O2/c1-9(7-16-11(17)12-14-15-16)13-18-8-10-5-3-2-4-6-10/h2-7,13H,8H2,1H3,(H,12,15,17)/b9-7-. The topological polar surface area (TPSA) is 84.8 Å². The first-order chi connectivity index (χ1) is 8.75. The van der Waals surface area contributed by atoms with E-state index in [2.05, 4.69) is 21.0 Å². The maximum absolute atomic E-state index is 11.1. The van der Waals surface area contributed by atoms with Crippen molar-refractivity contribution in [2.24, 2.45) is 0 Å². The number of hydrogen-bond acceptors (Lipinski definition) is 5. The van der Waals surface area contributed by atoms with E-state index in [0.29, 0.717) is 12.3 Å². The molecule has 94 valence electrons. The van der Waals surface area contributed by atoms with Crippen LogP contribution in [-0.4, -0.2) is 20.2 Å². The zero-order chi connectivity index (χ0) is 12.8. The summed E-state index contributed by atoms with van der Waals surface area (Å²) >= 11 is 0. The molecular weight excluding hydrogens is 234 g/mol. The fourth-order valence-electron chi connectivity index (χ4n) is 1.31. The molecule has 0 amide bonds. The first-order valence-corrected chi connectivity index (χ1v) is 5.36. The fourth-order valence-corrected chi connectivity index (χ4v) is 1.31. The lowest BCUT2D eigenvalue weighted by atomic mass is 10.2. The van der Waals surface area contributed by atoms with Crippen LogP contribution in [0, 0.1) is 0 Å². The summed E-state index contributed by atoms with van der Waals surface area (Å²) in [6, 6.07) is 9.75. The number of H-pyrrole nitrogens is 1. The third-order valence-corrected chi connectivity index (χ3v) is 2.13. The van der Waals surface area contributed by atoms with Crippen molar-refractivity contribution in [2.75, 3.05) is 0 Å². The number of hydrogen-bond donors (Lipinski definition) is 2. The van der Waals surface area contributed by atoms with E-state index in [1.165, 1.54) is 6.20 Å². The maximum atomic E-state index is 11.1. The second-order valence-corrected chi connectivity index (χ2v) is 3.64. The summed E-state index contributed by atoms with van der Waals surface area (Å²) in [6.07, 6.45) is 1.48. The molecule has 0 fully saturated rings. The van der Waals surface area contributed by atoms with Crippen molar-refractivity contribution in [3.8, 4) is 0 Å². The Kier molecular flexibility index (Phi) is 3.87. The van der Waals surface area contributed by atoms with E-state index in [1.54, 1.807) is 6.92 Å². The van der Waals surface area contributed by atoms with Crippen molar-refractivity contribution in [2.45, 2.75) is 13.5 Å². The highest BCUT2D eigenvalue weighted by Gasteiger charge is 1.96. The van der Waals surface area contributed by atoms with E-state index >= 15 is 0 Å². The molecule has 0 atom stereocenters. The Morgan fingerprint density at radius 3 is 2.94 bits per heavy atom. The van der Waals surface area contributed by atoms with Crippen LogP contribution < -0.4 is 11.2 Å². The Balaban J connectivity index is 1.86. The van der Waals surface area contributed by atoms with E-state index in [1.807, 2.05) is 30.3 Å². The van der Waals surface area contributed by atoms with Gasteiger partial charge in [-0.1, -0.05) is 30.3 Å². The van der Waals surface area contributed by atoms with Gasteiger partial charge in [-0.3, -0.25) is 10.3 Å². The highest BCUT2D eigenvalue weighted by Crippen LogP contribution is 2.00. The highest BCUT2D eigenvalue weighted by atomic mass is 16.6. The molecule has 18 heavy (non-hydrogen) atoms. The van der Waals surface area contributed by atoms with Crippen LogP contribution >= 0.6 is 0 Å². The van der Waals surface area contributed by atoms with Crippen LogP contribution in [0.3, 0.4) is 0 Å². The molecular formula is C11H13N5O2. The summed E-state index contributed by atoms with van der Waals surface area (Å²) in [6.45, 7) is 2.19. The molecule has 7 nitrogen and oxygen atoms in total. The van der Waals surface area contributed by atoms with Gasteiger partial charge in [-0.15, -0.1) is 0 Å². The van der Waals surface area contributed by atoms with E-state index in [9.17, 15) is 4.79 Å². The number of allylic oxidation sites excluding steroid dienone is 1. The molecule has 1 heterocycles. The minimum Gasteiger partial charge on any atom is -0.272 e. The number of nitrogens with one attached hydrogen (secondary N) is 2. The molecule has 0 aliphatic heterocycles. The molecule has 0 saturated heterocycles. The van der Waals surface area contributed by atoms with Crippen LogP contribution in [-0.2, 0) is 11.4 Å². The van der Waals surface area contributed by atoms with Gasteiger partial charge in [0, 0.05) is 0 Å². The molecule has 0 aliphatic carbocycles. The van der Waals surface area contributed by atoms with Crippen molar-refractivity contribution >= 4 is 6.20 Å². The van der Waals surface area contributed by atoms with Crippen molar-refractivity contribution in [1.82, 2.24) is 25.7 Å². The monoisotopic (exact) mass is 247 g/mol. The van der Waals surface area contributed by atoms with Crippen molar-refractivity contribution in [3.63, 3.8) is 0 Å². The summed E-state index contributed by atoms with van der Waals surface area (Å²) in [5.74, 6) is 0. The Hall–Kier alpha value is -2.41. The number of nitrogens with zero attached hydrogens (tertiary/aromatic N) is 3. The summed E-state index contributed by atoms with van der Waals surface area (Å²) in [5, 5.41) is 9.10. The van der Waals surface area contributed by atoms with Crippen molar-refractivity contribution in [1.29, 1.82) is 0 Å². The summed E-state index contributed by atoms with van der Waals surface area (Å²) in [7, 11) is 0. The van der Waals surface area contributed by atoms with Gasteiger partial charge in [-0.25, -0.2) is 9.89 Å². The van der Waals surface area contributed by atoms with Gasteiger partial charge in [0.2, 0.25) is 0 Å². The lowest BCUT2D eigenvalue weighted by molar-refractivity contribution is 0.0498. The van der Waals surface area contributed by atoms with Gasteiger partial charge in [0.1, 0.15) is 0 Å². The van der Waals surface area contributed by atoms with Gasteiger partial charge in [0.05, 0.1) is 18.5 Å². The average molecular weight is 247 g/mol. The summed E-state index contributed by atoms with van der Waals surface area (Å²) in [4.78, 5) is 16.4. The normalized spacial score (nSPS) is 11.5. The van der Waals surface area contributed by atoms with E-state index in [-0.39, 0.29) is 0 Å². The quantitative estimate of drug-likeness (QED) is 0.752. The van der Waals surface area contributed by atoms with Gasteiger partial charge >= 0.3 is 5.69 Å². The lowest BCUT2D eigenvalue weighted by Crippen LogP contribution is -2.17. The summed E-state index contributed by atoms with van der Waals surface area (Å²) < 4.78 is 1.08. The van der Waals surface area contributed by atoms with Crippen LogP contribution in [0.2, 0.25) is 0 Å². The van der Waals surface area contributed by atoms with Gasteiger partial charge in [0.25, 0.3) is 0 Å². The van der Waals surface area contributed by atoms with Crippen LogP contribution in [0.5, 0.6) is 0 Å². The molecule has 1 aromatic carbocycles. The van der Waals surface area contributed by atoms with Gasteiger partial charge in [-0.05, 0) is 22.9 Å². The second kappa shape index (κ2) is 5.78. The molecule has 7 heteroatoms. The molecule has 0 spiro atoms. The third kappa shape index (κ3) is 3.29. The van der Waals surface area contributed by atoms with E-state index in [0.717, 1.165) is 10.2 Å². The number of tetrazole rings is 1. The van der Waals surface area contributed by atoms with Gasteiger partial charge in [-0.2, -0.15) is 4.68 Å². The Morgan fingerprint density at radius 1 is 1.50 bits per heavy atom. The van der Waals surface area contributed by atoms with Gasteiger partial charge in [0.15, 0.2) is 0 Å². The van der Waals surface area contributed by atoms with Crippen LogP contribution in [0.4, 0.5) is 0 Å². The van der Waals surface area contributed by atoms with Crippen LogP contribution in [0.25, 0.3) is 6.20 Å². The van der Waals surface area contributed by atoms with Crippen LogP contribution in [0.15, 0.2) is 40.8 Å². The Bertz CT molecular complexity index is 572. The lowest BCUT2D eigenvalue weighted by Gasteiger charge is -2.06. The Labute approximate surface area is 103 Å². The molecule has 0 unspecified atom stereocenters. The van der Waals surface area contributed by atoms with E-state index in [4.69, 9.17) is 4.84 Å². The minimum atomic E-state index is -0.404. The van der Waals surface area contributed by atoms with Crippen molar-refractivity contribution < 1.29 is 4.84 Å². The number of benzene rings is 1. The van der Waals surface area contributed by atoms with E-state index < -0.39 is 5.69 Å². The predicted molar refractivity (Wildman–Crippen MR) is 65.0 cm³/mol. The first kappa shape index (κ1) is 12.1. The number of aromatic amines is 1. The summed E-state index contributed by atoms with van der Waals surface area (Å²) in [5.41, 5.74) is 4.01. The number of rotatable bonds is 5. The molecule has 0 radical (unpaired) electrons. The molecule has 0 saturated carbocycles. The predicted octanol–water partition coefficient (Wildman–Crippen LogP) is 0.506. The first-order valence-electron chi connectivity index (χ1n) is 5.36. The smallest absolute Gasteiger partial charge is 0.272 e. The average Bonchev–Trinajstić information content (AvgIpc) is 2.76. The van der Waals surface area contributed by atoms with Crippen molar-refractivity contribution in [3.05, 3.63) is 52.1 Å². The number of hydroxylamine groups is 1. The van der Waals surface area contributed by atoms with Gasteiger partial charge < -0.3 is 0 Å². The molecule has 0 bridgehead atoms. The highest BCUT2D eigenvalue weighted by molar-refractivity contribution is 5.24. The Morgan fingerprint density at radius 2 is 2.28 bits per heavy atom. The third-order valence-electron chi connectivity index (χ3n) is 2.13. The van der Waals surface area contributed by atoms with Crippen LogP contribution in [0.1, 0.15) is 12.5 Å². The fraction of sp³-hybridized carbons (Fsp3) is 0.182. The zero-order valence-electron chi connectivity index (χ0n) is 9.83.